The number of terminal acetylenes is 1. The number of alkyl halides is 3. The Bertz CT molecular complexity index is 1790. The van der Waals surface area contributed by atoms with E-state index in [1.165, 1.54) is 35.4 Å². The zero-order valence-electron chi connectivity index (χ0n) is 23.3. The molecule has 2 atom stereocenters. The molecule has 2 aromatic heterocycles. The number of ether oxygens (including phenoxy) is 1. The summed E-state index contributed by atoms with van der Waals surface area (Å²) in [6.45, 7) is 1.24. The summed E-state index contributed by atoms with van der Waals surface area (Å²) in [5.74, 6) is -0.982. The quantitative estimate of drug-likeness (QED) is 0.230. The first-order valence-electron chi connectivity index (χ1n) is 14.4. The van der Waals surface area contributed by atoms with E-state index in [-0.39, 0.29) is 48.3 Å². The van der Waals surface area contributed by atoms with Gasteiger partial charge in [-0.25, -0.2) is 27.5 Å². The number of anilines is 1. The number of aromatic nitrogens is 3. The van der Waals surface area contributed by atoms with Crippen LogP contribution in [0.4, 0.5) is 23.4 Å². The van der Waals surface area contributed by atoms with Crippen LogP contribution in [0, 0.1) is 18.2 Å². The second-order valence-corrected chi connectivity index (χ2v) is 11.8. The monoisotopic (exact) mass is 591 g/mol. The lowest BCUT2D eigenvalue weighted by Gasteiger charge is -2.34. The number of rotatable bonds is 5. The third-order valence-corrected chi connectivity index (χ3v) is 8.93. The summed E-state index contributed by atoms with van der Waals surface area (Å²) in [6, 6.07) is 7.32. The fourth-order valence-corrected chi connectivity index (χ4v) is 7.01. The number of fused-ring (bicyclic) bond motifs is 3. The van der Waals surface area contributed by atoms with Gasteiger partial charge in [0.25, 0.3) is 5.92 Å². The van der Waals surface area contributed by atoms with Gasteiger partial charge in [0.2, 0.25) is 0 Å². The third-order valence-electron chi connectivity index (χ3n) is 8.93. The van der Waals surface area contributed by atoms with Crippen molar-refractivity contribution in [2.75, 3.05) is 37.7 Å². The average molecular weight is 592 g/mol. The summed E-state index contributed by atoms with van der Waals surface area (Å²) >= 11 is 0. The molecule has 0 bridgehead atoms. The molecule has 0 radical (unpaired) electrons. The maximum atomic E-state index is 14.8. The standard InChI is InChI=1S/C32H29F4N5O2/c1-2-22-25(34)6-5-19-11-21(42)12-23(28(19)22)26-13-27-24(29(38-26)40-9-4-8-32(35,36)17-40)15-37-30(39-27)43-18-31-7-3-10-41(31)16-20(33)14-31/h1,5-6,11-13,15,20,42H,3-4,7-10,14,16-18H2/t20-,31+/m1/s1. The highest BCUT2D eigenvalue weighted by Gasteiger charge is 2.49. The minimum Gasteiger partial charge on any atom is -0.508 e. The number of pyridine rings is 1. The van der Waals surface area contributed by atoms with Gasteiger partial charge in [-0.2, -0.15) is 4.98 Å². The van der Waals surface area contributed by atoms with E-state index in [1.54, 1.807) is 6.07 Å². The Balaban J connectivity index is 1.36. The molecule has 222 valence electrons. The lowest BCUT2D eigenvalue weighted by molar-refractivity contribution is -0.0117. The molecule has 3 saturated heterocycles. The van der Waals surface area contributed by atoms with Crippen molar-refractivity contribution < 1.29 is 27.4 Å². The Morgan fingerprint density at radius 3 is 2.77 bits per heavy atom. The van der Waals surface area contributed by atoms with Gasteiger partial charge in [0.1, 0.15) is 30.2 Å². The average Bonchev–Trinajstić information content (AvgIpc) is 3.50. The predicted molar refractivity (Wildman–Crippen MR) is 155 cm³/mol. The molecule has 0 saturated carbocycles. The summed E-state index contributed by atoms with van der Waals surface area (Å²) in [4.78, 5) is 17.4. The van der Waals surface area contributed by atoms with Crippen molar-refractivity contribution in [3.63, 3.8) is 0 Å². The van der Waals surface area contributed by atoms with E-state index < -0.39 is 30.0 Å². The maximum absolute atomic E-state index is 14.8. The van der Waals surface area contributed by atoms with E-state index in [2.05, 4.69) is 20.8 Å². The molecule has 3 fully saturated rings. The summed E-state index contributed by atoms with van der Waals surface area (Å²) in [6.07, 6.45) is 8.49. The van der Waals surface area contributed by atoms with Crippen LogP contribution in [0.2, 0.25) is 0 Å². The summed E-state index contributed by atoms with van der Waals surface area (Å²) < 4.78 is 64.3. The Hall–Kier alpha value is -4.17. The first kappa shape index (κ1) is 27.7. The molecule has 0 unspecified atom stereocenters. The molecule has 2 aromatic carbocycles. The molecule has 11 heteroatoms. The number of benzene rings is 2. The number of piperidine rings is 1. The van der Waals surface area contributed by atoms with E-state index in [9.17, 15) is 22.7 Å². The van der Waals surface area contributed by atoms with E-state index >= 15 is 0 Å². The first-order chi connectivity index (χ1) is 20.6. The topological polar surface area (TPSA) is 74.6 Å². The van der Waals surface area contributed by atoms with Crippen LogP contribution in [-0.2, 0) is 0 Å². The van der Waals surface area contributed by atoms with Crippen molar-refractivity contribution in [2.24, 2.45) is 0 Å². The zero-order valence-corrected chi connectivity index (χ0v) is 23.3. The summed E-state index contributed by atoms with van der Waals surface area (Å²) in [5.41, 5.74) is 0.554. The van der Waals surface area contributed by atoms with Gasteiger partial charge in [-0.05, 0) is 55.5 Å². The Morgan fingerprint density at radius 1 is 1.12 bits per heavy atom. The summed E-state index contributed by atoms with van der Waals surface area (Å²) in [5, 5.41) is 11.8. The predicted octanol–water partition coefficient (Wildman–Crippen LogP) is 5.86. The van der Waals surface area contributed by atoms with Gasteiger partial charge in [0.15, 0.2) is 0 Å². The van der Waals surface area contributed by atoms with Crippen LogP contribution in [-0.4, -0.2) is 75.4 Å². The fourth-order valence-electron chi connectivity index (χ4n) is 7.01. The van der Waals surface area contributed by atoms with Crippen molar-refractivity contribution in [3.8, 4) is 35.4 Å². The van der Waals surface area contributed by atoms with Gasteiger partial charge < -0.3 is 14.7 Å². The normalized spacial score (nSPS) is 23.5. The highest BCUT2D eigenvalue weighted by Crippen LogP contribution is 2.41. The van der Waals surface area contributed by atoms with E-state index in [0.29, 0.717) is 46.7 Å². The molecule has 0 aliphatic carbocycles. The van der Waals surface area contributed by atoms with Crippen molar-refractivity contribution in [2.45, 2.75) is 49.7 Å². The number of phenols is 1. The number of nitrogens with zero attached hydrogens (tertiary/aromatic N) is 5. The lowest BCUT2D eigenvalue weighted by atomic mass is 9.95. The van der Waals surface area contributed by atoms with Crippen LogP contribution in [0.3, 0.4) is 0 Å². The van der Waals surface area contributed by atoms with Crippen LogP contribution in [0.25, 0.3) is 32.9 Å². The van der Waals surface area contributed by atoms with Crippen LogP contribution >= 0.6 is 0 Å². The molecule has 0 spiro atoms. The molecule has 7 nitrogen and oxygen atoms in total. The minimum absolute atomic E-state index is 0.00438. The zero-order chi connectivity index (χ0) is 29.9. The summed E-state index contributed by atoms with van der Waals surface area (Å²) in [7, 11) is 0. The highest BCUT2D eigenvalue weighted by molar-refractivity contribution is 6.03. The van der Waals surface area contributed by atoms with Crippen molar-refractivity contribution >= 4 is 27.5 Å². The van der Waals surface area contributed by atoms with E-state index in [0.717, 1.165) is 19.4 Å². The highest BCUT2D eigenvalue weighted by atomic mass is 19.3. The largest absolute Gasteiger partial charge is 0.508 e. The van der Waals surface area contributed by atoms with Gasteiger partial charge in [0.05, 0.1) is 34.2 Å². The van der Waals surface area contributed by atoms with E-state index in [1.807, 2.05) is 0 Å². The lowest BCUT2D eigenvalue weighted by Crippen LogP contribution is -2.43. The fraction of sp³-hybridized carbons (Fsp3) is 0.406. The SMILES string of the molecule is C#Cc1c(F)ccc2cc(O)cc(-c3cc4nc(OC[C@@]56CCCN5C[C@H](F)C6)ncc4c(N4CCCC(F)(F)C4)n3)c12. The van der Waals surface area contributed by atoms with Crippen LogP contribution in [0.15, 0.2) is 36.5 Å². The van der Waals surface area contributed by atoms with Crippen molar-refractivity contribution in [3.05, 3.63) is 47.9 Å². The van der Waals surface area contributed by atoms with Gasteiger partial charge in [0, 0.05) is 43.1 Å². The second kappa shape index (κ2) is 10.2. The molecule has 3 aliphatic heterocycles. The molecule has 5 heterocycles. The van der Waals surface area contributed by atoms with Gasteiger partial charge in [-0.3, -0.25) is 4.90 Å². The smallest absolute Gasteiger partial charge is 0.316 e. The number of halogens is 4. The van der Waals surface area contributed by atoms with Crippen molar-refractivity contribution in [1.29, 1.82) is 0 Å². The molecule has 7 rings (SSSR count). The van der Waals surface area contributed by atoms with Gasteiger partial charge in [-0.15, -0.1) is 6.42 Å². The van der Waals surface area contributed by atoms with Crippen LogP contribution in [0.5, 0.6) is 11.8 Å². The molecule has 3 aliphatic rings. The molecular formula is C32H29F4N5O2. The Kier molecular flexibility index (Phi) is 6.58. The molecule has 4 aromatic rings. The van der Waals surface area contributed by atoms with Crippen LogP contribution < -0.4 is 9.64 Å². The third kappa shape index (κ3) is 4.87. The minimum atomic E-state index is -2.91. The molecule has 43 heavy (non-hydrogen) atoms. The van der Waals surface area contributed by atoms with E-state index in [4.69, 9.17) is 16.1 Å². The van der Waals surface area contributed by atoms with Gasteiger partial charge in [-0.1, -0.05) is 12.0 Å². The number of hydrogen-bond donors (Lipinski definition) is 1. The Labute approximate surface area is 245 Å². The molecular weight excluding hydrogens is 562 g/mol. The number of hydrogen-bond acceptors (Lipinski definition) is 7. The molecule has 0 amide bonds. The first-order valence-corrected chi connectivity index (χ1v) is 14.4. The second-order valence-electron chi connectivity index (χ2n) is 11.8. The number of phenolic OH excluding ortho intramolecular Hbond substituents is 1. The van der Waals surface area contributed by atoms with Crippen LogP contribution in [0.1, 0.15) is 37.7 Å². The van der Waals surface area contributed by atoms with Crippen molar-refractivity contribution in [1.82, 2.24) is 19.9 Å². The number of aromatic hydroxyl groups is 1. The Morgan fingerprint density at radius 2 is 1.95 bits per heavy atom. The van der Waals surface area contributed by atoms with Gasteiger partial charge >= 0.3 is 6.01 Å². The molecule has 1 N–H and O–H groups in total. The maximum Gasteiger partial charge on any atom is 0.316 e.